The number of hydrogen-bond acceptors (Lipinski definition) is 4. The largest absolute Gasteiger partial charge is 0.457 e. The molecule has 0 atom stereocenters. The fourth-order valence-electron chi connectivity index (χ4n) is 4.24. The topological polar surface area (TPSA) is 52.6 Å². The van der Waals surface area contributed by atoms with Crippen molar-refractivity contribution in [1.82, 2.24) is 0 Å². The smallest absolute Gasteiger partial charge is 0.206 e. The maximum atomic E-state index is 13.2. The van der Waals surface area contributed by atoms with Crippen molar-refractivity contribution in [3.05, 3.63) is 133 Å². The molecule has 0 spiro atoms. The molecule has 4 nitrogen and oxygen atoms in total. The number of sulfone groups is 1. The van der Waals surface area contributed by atoms with Gasteiger partial charge in [0.05, 0.1) is 9.79 Å². The van der Waals surface area contributed by atoms with E-state index in [0.29, 0.717) is 23.0 Å². The molecule has 0 saturated carbocycles. The normalized spacial score (nSPS) is 11.5. The van der Waals surface area contributed by atoms with Gasteiger partial charge in [0, 0.05) is 0 Å². The lowest BCUT2D eigenvalue weighted by Gasteiger charge is -2.10. The van der Waals surface area contributed by atoms with Crippen LogP contribution < -0.4 is 9.47 Å². The Bertz CT molecular complexity index is 1690. The standard InChI is InChI=1S/C32H22O4S/c33-37(34,31-17-13-27(14-18-31)35-29-11-9-23-5-1-3-7-25(23)21-29)32-19-15-28(16-20-32)36-30-12-10-24-6-2-4-8-26(24)22-30/h1-22H. The first kappa shape index (κ1) is 22.8. The Hall–Kier alpha value is -4.61. The van der Waals surface area contributed by atoms with Crippen molar-refractivity contribution in [2.24, 2.45) is 0 Å². The Kier molecular flexibility index (Phi) is 5.83. The van der Waals surface area contributed by atoms with Crippen molar-refractivity contribution >= 4 is 31.4 Å². The number of fused-ring (bicyclic) bond motifs is 2. The summed E-state index contributed by atoms with van der Waals surface area (Å²) in [5.41, 5.74) is 0. The van der Waals surface area contributed by atoms with Gasteiger partial charge in [-0.3, -0.25) is 0 Å². The summed E-state index contributed by atoms with van der Waals surface area (Å²) in [5.74, 6) is 2.51. The lowest BCUT2D eigenvalue weighted by molar-refractivity contribution is 0.483. The summed E-state index contributed by atoms with van der Waals surface area (Å²) in [6.45, 7) is 0. The summed E-state index contributed by atoms with van der Waals surface area (Å²) in [7, 11) is -3.69. The van der Waals surface area contributed by atoms with Gasteiger partial charge in [0.2, 0.25) is 9.84 Å². The SMILES string of the molecule is O=S(=O)(c1ccc(Oc2ccc3ccccc3c2)cc1)c1ccc(Oc2ccc3ccccc3c2)cc1. The zero-order valence-corrected chi connectivity index (χ0v) is 20.6. The van der Waals surface area contributed by atoms with Gasteiger partial charge in [0.1, 0.15) is 23.0 Å². The molecule has 0 radical (unpaired) electrons. The van der Waals surface area contributed by atoms with Crippen molar-refractivity contribution in [2.75, 3.05) is 0 Å². The molecular weight excluding hydrogens is 480 g/mol. The highest BCUT2D eigenvalue weighted by Crippen LogP contribution is 2.30. The predicted octanol–water partition coefficient (Wildman–Crippen LogP) is 8.41. The Labute approximate surface area is 215 Å². The van der Waals surface area contributed by atoms with Crippen molar-refractivity contribution in [2.45, 2.75) is 9.79 Å². The van der Waals surface area contributed by atoms with Crippen LogP contribution in [-0.2, 0) is 9.84 Å². The second kappa shape index (κ2) is 9.45. The first-order valence-electron chi connectivity index (χ1n) is 11.8. The second-order valence-corrected chi connectivity index (χ2v) is 10.6. The summed E-state index contributed by atoms with van der Waals surface area (Å²) in [6, 6.07) is 40.7. The molecule has 0 amide bonds. The molecule has 0 aromatic heterocycles. The van der Waals surface area contributed by atoms with Gasteiger partial charge in [0.15, 0.2) is 0 Å². The van der Waals surface area contributed by atoms with E-state index in [1.165, 1.54) is 0 Å². The molecule has 0 aliphatic heterocycles. The molecule has 6 rings (SSSR count). The Balaban J connectivity index is 1.17. The van der Waals surface area contributed by atoms with Crippen LogP contribution in [0.2, 0.25) is 0 Å². The van der Waals surface area contributed by atoms with E-state index in [9.17, 15) is 8.42 Å². The van der Waals surface area contributed by atoms with Gasteiger partial charge in [0.25, 0.3) is 0 Å². The highest BCUT2D eigenvalue weighted by atomic mass is 32.2. The van der Waals surface area contributed by atoms with Crippen molar-refractivity contribution in [3.8, 4) is 23.0 Å². The van der Waals surface area contributed by atoms with Crippen LogP contribution in [0.3, 0.4) is 0 Å². The molecule has 0 bridgehead atoms. The third-order valence-corrected chi connectivity index (χ3v) is 7.97. The molecule has 0 heterocycles. The minimum absolute atomic E-state index is 0.196. The first-order chi connectivity index (χ1) is 18.0. The van der Waals surface area contributed by atoms with Crippen LogP contribution in [0, 0.1) is 0 Å². The molecule has 0 aliphatic carbocycles. The molecule has 6 aromatic rings. The van der Waals surface area contributed by atoms with Gasteiger partial charge >= 0.3 is 0 Å². The van der Waals surface area contributed by atoms with Gasteiger partial charge in [-0.2, -0.15) is 0 Å². The zero-order chi connectivity index (χ0) is 25.2. The average Bonchev–Trinajstić information content (AvgIpc) is 2.93. The lowest BCUT2D eigenvalue weighted by Crippen LogP contribution is -2.01. The molecule has 180 valence electrons. The van der Waals surface area contributed by atoms with Gasteiger partial charge in [-0.15, -0.1) is 0 Å². The summed E-state index contributed by atoms with van der Waals surface area (Å²) in [4.78, 5) is 0.392. The highest BCUT2D eigenvalue weighted by Gasteiger charge is 2.18. The molecule has 0 unspecified atom stereocenters. The maximum absolute atomic E-state index is 13.2. The molecular formula is C32H22O4S. The molecule has 37 heavy (non-hydrogen) atoms. The summed E-state index contributed by atoms with van der Waals surface area (Å²) in [5, 5.41) is 4.41. The Morgan fingerprint density at radius 2 is 0.730 bits per heavy atom. The number of hydrogen-bond donors (Lipinski definition) is 0. The number of benzene rings is 6. The van der Waals surface area contributed by atoms with E-state index in [1.54, 1.807) is 48.5 Å². The molecule has 0 fully saturated rings. The van der Waals surface area contributed by atoms with E-state index in [1.807, 2.05) is 84.9 Å². The van der Waals surface area contributed by atoms with Crippen LogP contribution in [-0.4, -0.2) is 8.42 Å². The monoisotopic (exact) mass is 502 g/mol. The van der Waals surface area contributed by atoms with Gasteiger partial charge in [-0.25, -0.2) is 8.42 Å². The van der Waals surface area contributed by atoms with Crippen molar-refractivity contribution in [1.29, 1.82) is 0 Å². The predicted molar refractivity (Wildman–Crippen MR) is 146 cm³/mol. The van der Waals surface area contributed by atoms with Gasteiger partial charge in [-0.1, -0.05) is 60.7 Å². The van der Waals surface area contributed by atoms with E-state index in [2.05, 4.69) is 0 Å². The van der Waals surface area contributed by atoms with Crippen molar-refractivity contribution < 1.29 is 17.9 Å². The Morgan fingerprint density at radius 3 is 1.14 bits per heavy atom. The zero-order valence-electron chi connectivity index (χ0n) is 19.7. The van der Waals surface area contributed by atoms with Crippen LogP contribution in [0.4, 0.5) is 0 Å². The third-order valence-electron chi connectivity index (χ3n) is 6.18. The van der Waals surface area contributed by atoms with Crippen molar-refractivity contribution in [3.63, 3.8) is 0 Å². The quantitative estimate of drug-likeness (QED) is 0.229. The lowest BCUT2D eigenvalue weighted by atomic mass is 10.1. The van der Waals surface area contributed by atoms with Gasteiger partial charge < -0.3 is 9.47 Å². The average molecular weight is 503 g/mol. The van der Waals surface area contributed by atoms with Crippen LogP contribution in [0.15, 0.2) is 143 Å². The summed E-state index contributed by atoms with van der Waals surface area (Å²) >= 11 is 0. The van der Waals surface area contributed by atoms with E-state index in [4.69, 9.17) is 9.47 Å². The highest BCUT2D eigenvalue weighted by molar-refractivity contribution is 7.91. The van der Waals surface area contributed by atoms with Crippen LogP contribution in [0.1, 0.15) is 0 Å². The first-order valence-corrected chi connectivity index (χ1v) is 13.3. The Morgan fingerprint density at radius 1 is 0.378 bits per heavy atom. The number of ether oxygens (including phenoxy) is 2. The molecule has 0 N–H and O–H groups in total. The number of rotatable bonds is 6. The second-order valence-electron chi connectivity index (χ2n) is 8.67. The van der Waals surface area contributed by atoms with E-state index < -0.39 is 9.84 Å². The fraction of sp³-hybridized carbons (Fsp3) is 0. The minimum Gasteiger partial charge on any atom is -0.457 e. The maximum Gasteiger partial charge on any atom is 0.206 e. The molecule has 6 aromatic carbocycles. The van der Waals surface area contributed by atoms with Gasteiger partial charge in [-0.05, 0) is 94.3 Å². The van der Waals surface area contributed by atoms with Crippen LogP contribution in [0.25, 0.3) is 21.5 Å². The molecule has 0 saturated heterocycles. The molecule has 0 aliphatic rings. The van der Waals surface area contributed by atoms with Crippen LogP contribution >= 0.6 is 0 Å². The summed E-state index contributed by atoms with van der Waals surface area (Å²) < 4.78 is 38.3. The molecule has 5 heteroatoms. The fourth-order valence-corrected chi connectivity index (χ4v) is 5.50. The minimum atomic E-state index is -3.69. The third kappa shape index (κ3) is 4.77. The van der Waals surface area contributed by atoms with E-state index >= 15 is 0 Å². The summed E-state index contributed by atoms with van der Waals surface area (Å²) in [6.07, 6.45) is 0. The van der Waals surface area contributed by atoms with E-state index in [0.717, 1.165) is 21.5 Å². The van der Waals surface area contributed by atoms with Crippen LogP contribution in [0.5, 0.6) is 23.0 Å². The van der Waals surface area contributed by atoms with E-state index in [-0.39, 0.29) is 9.79 Å².